The third-order valence-electron chi connectivity index (χ3n) is 3.07. The van der Waals surface area contributed by atoms with Gasteiger partial charge in [-0.05, 0) is 26.4 Å². The number of likely N-dealkylation sites (tertiary alicyclic amines) is 1. The van der Waals surface area contributed by atoms with Crippen LogP contribution >= 0.6 is 0 Å². The molecule has 0 aromatic carbocycles. The van der Waals surface area contributed by atoms with Gasteiger partial charge >= 0.3 is 0 Å². The minimum Gasteiger partial charge on any atom is -0.392 e. The second kappa shape index (κ2) is 5.88. The van der Waals surface area contributed by atoms with E-state index in [1.807, 2.05) is 7.05 Å². The van der Waals surface area contributed by atoms with Gasteiger partial charge in [0.1, 0.15) is 5.69 Å². The second-order valence-electron chi connectivity index (χ2n) is 4.70. The van der Waals surface area contributed by atoms with Crippen molar-refractivity contribution >= 4 is 5.91 Å². The molecule has 0 saturated carbocycles. The lowest BCUT2D eigenvalue weighted by atomic mass is 10.1. The Morgan fingerprint density at radius 3 is 3.11 bits per heavy atom. The number of carbonyl (C=O) groups excluding carboxylic acids is 1. The average Bonchev–Trinajstić information content (AvgIpc) is 2.51. The average molecular weight is 250 g/mol. The number of aliphatic hydroxyl groups is 1. The number of nitrogens with zero attached hydrogens (tertiary/aromatic N) is 3. The van der Waals surface area contributed by atoms with Crippen molar-refractivity contribution in [2.24, 2.45) is 0 Å². The number of β-amino-alcohol motifs (C(OH)–C–C–N with tert-alkyl or cyclic N) is 1. The first-order valence-electron chi connectivity index (χ1n) is 6.08. The summed E-state index contributed by atoms with van der Waals surface area (Å²) in [7, 11) is 1.97. The smallest absolute Gasteiger partial charge is 0.271 e. The van der Waals surface area contributed by atoms with Gasteiger partial charge < -0.3 is 15.3 Å². The molecule has 1 aromatic heterocycles. The van der Waals surface area contributed by atoms with Gasteiger partial charge in [0, 0.05) is 25.0 Å². The standard InChI is InChI=1S/C12H18N4O2/c1-16-5-2-9(6-10(17)8-16)15-12(18)11-7-13-3-4-14-11/h3-4,7,9-10,17H,2,5-6,8H2,1H3,(H,15,18)/t9-,10-/m0/s1. The number of likely N-dealkylation sites (N-methyl/N-ethyl adjacent to an activating group) is 1. The molecule has 0 spiro atoms. The highest BCUT2D eigenvalue weighted by molar-refractivity contribution is 5.92. The van der Waals surface area contributed by atoms with Crippen LogP contribution in [0.5, 0.6) is 0 Å². The summed E-state index contributed by atoms with van der Waals surface area (Å²) in [5.74, 6) is -0.232. The number of aromatic nitrogens is 2. The molecule has 2 N–H and O–H groups in total. The largest absolute Gasteiger partial charge is 0.392 e. The van der Waals surface area contributed by atoms with E-state index in [0.29, 0.717) is 18.7 Å². The maximum atomic E-state index is 11.9. The quantitative estimate of drug-likeness (QED) is 0.751. The fourth-order valence-corrected chi connectivity index (χ4v) is 2.15. The van der Waals surface area contributed by atoms with E-state index in [0.717, 1.165) is 13.0 Å². The molecule has 1 fully saturated rings. The van der Waals surface area contributed by atoms with E-state index in [4.69, 9.17) is 0 Å². The number of hydrogen-bond donors (Lipinski definition) is 2. The molecule has 98 valence electrons. The predicted octanol–water partition coefficient (Wildman–Crippen LogP) is -0.339. The van der Waals surface area contributed by atoms with Gasteiger partial charge in [0.05, 0.1) is 12.3 Å². The third-order valence-corrected chi connectivity index (χ3v) is 3.07. The zero-order valence-corrected chi connectivity index (χ0v) is 10.4. The fourth-order valence-electron chi connectivity index (χ4n) is 2.15. The van der Waals surface area contributed by atoms with Crippen molar-refractivity contribution in [1.82, 2.24) is 20.2 Å². The second-order valence-corrected chi connectivity index (χ2v) is 4.70. The molecule has 0 aliphatic carbocycles. The van der Waals surface area contributed by atoms with Gasteiger partial charge in [-0.15, -0.1) is 0 Å². The van der Waals surface area contributed by atoms with Crippen LogP contribution in [0.25, 0.3) is 0 Å². The minimum absolute atomic E-state index is 0.0144. The van der Waals surface area contributed by atoms with E-state index in [2.05, 4.69) is 20.2 Å². The first kappa shape index (κ1) is 12.9. The van der Waals surface area contributed by atoms with Crippen LogP contribution in [0.4, 0.5) is 0 Å². The van der Waals surface area contributed by atoms with E-state index < -0.39 is 6.10 Å². The van der Waals surface area contributed by atoms with Crippen LogP contribution in [-0.2, 0) is 0 Å². The lowest BCUT2D eigenvalue weighted by Crippen LogP contribution is -2.37. The summed E-state index contributed by atoms with van der Waals surface area (Å²) in [5.41, 5.74) is 0.310. The molecule has 1 saturated heterocycles. The molecule has 6 nitrogen and oxygen atoms in total. The van der Waals surface area contributed by atoms with Gasteiger partial charge in [-0.1, -0.05) is 0 Å². The van der Waals surface area contributed by atoms with Crippen molar-refractivity contribution in [3.05, 3.63) is 24.3 Å². The third kappa shape index (κ3) is 3.48. The normalized spacial score (nSPS) is 25.4. The molecule has 0 radical (unpaired) electrons. The predicted molar refractivity (Wildman–Crippen MR) is 66.0 cm³/mol. The topological polar surface area (TPSA) is 78.4 Å². The Morgan fingerprint density at radius 2 is 2.39 bits per heavy atom. The van der Waals surface area contributed by atoms with Gasteiger partial charge in [-0.25, -0.2) is 4.98 Å². The maximum absolute atomic E-state index is 11.9. The van der Waals surface area contributed by atoms with Crippen molar-refractivity contribution in [2.45, 2.75) is 25.0 Å². The highest BCUT2D eigenvalue weighted by Crippen LogP contribution is 2.10. The first-order valence-corrected chi connectivity index (χ1v) is 6.08. The Hall–Kier alpha value is -1.53. The first-order chi connectivity index (χ1) is 8.65. The van der Waals surface area contributed by atoms with Gasteiger partial charge in [0.25, 0.3) is 5.91 Å². The Kier molecular flexibility index (Phi) is 4.22. The Balaban J connectivity index is 1.95. The Bertz CT molecular complexity index is 398. The van der Waals surface area contributed by atoms with E-state index >= 15 is 0 Å². The molecular weight excluding hydrogens is 232 g/mol. The van der Waals surface area contributed by atoms with Crippen LogP contribution < -0.4 is 5.32 Å². The number of rotatable bonds is 2. The summed E-state index contributed by atoms with van der Waals surface area (Å²) in [5, 5.41) is 12.7. The number of aliphatic hydroxyl groups excluding tert-OH is 1. The number of nitrogens with one attached hydrogen (secondary N) is 1. The molecule has 1 aliphatic rings. The van der Waals surface area contributed by atoms with Crippen molar-refractivity contribution in [3.63, 3.8) is 0 Å². The summed E-state index contributed by atoms with van der Waals surface area (Å²) in [4.78, 5) is 21.8. The summed E-state index contributed by atoms with van der Waals surface area (Å²) in [6, 6.07) is -0.0144. The minimum atomic E-state index is -0.398. The van der Waals surface area contributed by atoms with Crippen LogP contribution in [0.2, 0.25) is 0 Å². The Labute approximate surface area is 106 Å². The molecule has 18 heavy (non-hydrogen) atoms. The SMILES string of the molecule is CN1CC[C@H](NC(=O)c2cnccn2)C[C@H](O)C1. The van der Waals surface area contributed by atoms with E-state index in [9.17, 15) is 9.90 Å². The van der Waals surface area contributed by atoms with Gasteiger partial charge in [0.15, 0.2) is 0 Å². The van der Waals surface area contributed by atoms with Crippen LogP contribution in [0.1, 0.15) is 23.3 Å². The molecule has 0 unspecified atom stereocenters. The van der Waals surface area contributed by atoms with Crippen molar-refractivity contribution in [2.75, 3.05) is 20.1 Å². The molecular formula is C12H18N4O2. The van der Waals surface area contributed by atoms with Crippen molar-refractivity contribution in [1.29, 1.82) is 0 Å². The summed E-state index contributed by atoms with van der Waals surface area (Å²) >= 11 is 0. The van der Waals surface area contributed by atoms with Crippen molar-refractivity contribution in [3.8, 4) is 0 Å². The summed E-state index contributed by atoms with van der Waals surface area (Å²) in [6.07, 6.45) is 5.47. The van der Waals surface area contributed by atoms with E-state index in [1.54, 1.807) is 0 Å². The fraction of sp³-hybridized carbons (Fsp3) is 0.583. The zero-order chi connectivity index (χ0) is 13.0. The number of carbonyl (C=O) groups is 1. The summed E-state index contributed by atoms with van der Waals surface area (Å²) < 4.78 is 0. The van der Waals surface area contributed by atoms with Crippen LogP contribution in [0.3, 0.4) is 0 Å². The molecule has 1 aliphatic heterocycles. The highest BCUT2D eigenvalue weighted by atomic mass is 16.3. The molecule has 2 atom stereocenters. The van der Waals surface area contributed by atoms with Gasteiger partial charge in [0.2, 0.25) is 0 Å². The summed E-state index contributed by atoms with van der Waals surface area (Å²) in [6.45, 7) is 1.51. The number of hydrogen-bond acceptors (Lipinski definition) is 5. The molecule has 2 rings (SSSR count). The number of amides is 1. The highest BCUT2D eigenvalue weighted by Gasteiger charge is 2.23. The van der Waals surface area contributed by atoms with Crippen LogP contribution in [0, 0.1) is 0 Å². The Morgan fingerprint density at radius 1 is 1.56 bits per heavy atom. The molecule has 6 heteroatoms. The molecule has 0 bridgehead atoms. The molecule has 1 aromatic rings. The van der Waals surface area contributed by atoms with Gasteiger partial charge in [-0.2, -0.15) is 0 Å². The lowest BCUT2D eigenvalue weighted by molar-refractivity contribution is 0.0908. The zero-order valence-electron chi connectivity index (χ0n) is 10.4. The molecule has 1 amide bonds. The molecule has 2 heterocycles. The van der Waals surface area contributed by atoms with Gasteiger partial charge in [-0.3, -0.25) is 9.78 Å². The van der Waals surface area contributed by atoms with Crippen LogP contribution in [0.15, 0.2) is 18.6 Å². The van der Waals surface area contributed by atoms with E-state index in [1.165, 1.54) is 18.6 Å². The van der Waals surface area contributed by atoms with Crippen molar-refractivity contribution < 1.29 is 9.90 Å². The maximum Gasteiger partial charge on any atom is 0.271 e. The van der Waals surface area contributed by atoms with E-state index in [-0.39, 0.29) is 11.9 Å². The lowest BCUT2D eigenvalue weighted by Gasteiger charge is -2.17. The monoisotopic (exact) mass is 250 g/mol. The van der Waals surface area contributed by atoms with Crippen LogP contribution in [-0.4, -0.2) is 58.2 Å².